The molecule has 0 aromatic heterocycles. The predicted octanol–water partition coefficient (Wildman–Crippen LogP) is 3.28. The van der Waals surface area contributed by atoms with E-state index in [1.807, 2.05) is 39.2 Å². The molecular weight excluding hydrogens is 444 g/mol. The number of hydrogen-bond acceptors (Lipinski definition) is 2. The van der Waals surface area contributed by atoms with Gasteiger partial charge in [0, 0.05) is 19.1 Å². The molecule has 0 saturated carbocycles. The van der Waals surface area contributed by atoms with Crippen LogP contribution in [0.4, 0.5) is 13.2 Å². The van der Waals surface area contributed by atoms with E-state index in [1.54, 1.807) is 0 Å². The van der Waals surface area contributed by atoms with Gasteiger partial charge in [0.1, 0.15) is 0 Å². The zero-order valence-corrected chi connectivity index (χ0v) is 17.3. The normalized spacial score (nSPS) is 13.3. The van der Waals surface area contributed by atoms with Crippen molar-refractivity contribution in [2.45, 2.75) is 32.0 Å². The molecular formula is C17H28F3IN4. The van der Waals surface area contributed by atoms with E-state index < -0.39 is 12.6 Å². The van der Waals surface area contributed by atoms with Gasteiger partial charge in [-0.25, -0.2) is 0 Å². The molecule has 0 aliphatic heterocycles. The van der Waals surface area contributed by atoms with Crippen LogP contribution in [-0.4, -0.2) is 56.8 Å². The molecule has 0 spiro atoms. The number of guanidine groups is 1. The van der Waals surface area contributed by atoms with Crippen molar-refractivity contribution in [1.82, 2.24) is 15.5 Å². The van der Waals surface area contributed by atoms with Crippen molar-refractivity contribution < 1.29 is 13.2 Å². The van der Waals surface area contributed by atoms with Gasteiger partial charge in [-0.15, -0.1) is 24.0 Å². The molecule has 1 unspecified atom stereocenters. The maximum atomic E-state index is 12.2. The van der Waals surface area contributed by atoms with E-state index in [0.29, 0.717) is 19.0 Å². The summed E-state index contributed by atoms with van der Waals surface area (Å²) in [5.41, 5.74) is 1.21. The first-order chi connectivity index (χ1) is 11.3. The van der Waals surface area contributed by atoms with E-state index in [4.69, 9.17) is 0 Å². The fourth-order valence-corrected chi connectivity index (χ4v) is 2.16. The standard InChI is InChI=1S/C17H27F3N4.HI/c1-4-21-16(22-11-10-17(18,19)20)23-13-15(24(2)3)12-14-8-6-5-7-9-14;/h5-9,15H,4,10-13H2,1-3H3,(H2,21,22,23);1H. The number of alkyl halides is 3. The quantitative estimate of drug-likeness (QED) is 0.347. The van der Waals surface area contributed by atoms with Crippen LogP contribution in [0, 0.1) is 0 Å². The maximum absolute atomic E-state index is 12.2. The molecule has 0 bridgehead atoms. The number of rotatable bonds is 8. The highest BCUT2D eigenvalue weighted by atomic mass is 127. The lowest BCUT2D eigenvalue weighted by molar-refractivity contribution is -0.132. The van der Waals surface area contributed by atoms with Gasteiger partial charge in [0.2, 0.25) is 0 Å². The molecule has 0 heterocycles. The van der Waals surface area contributed by atoms with Crippen molar-refractivity contribution in [2.75, 3.05) is 33.7 Å². The molecule has 0 fully saturated rings. The van der Waals surface area contributed by atoms with Crippen molar-refractivity contribution in [2.24, 2.45) is 4.99 Å². The summed E-state index contributed by atoms with van der Waals surface area (Å²) >= 11 is 0. The molecule has 0 amide bonds. The Morgan fingerprint density at radius 3 is 2.32 bits per heavy atom. The summed E-state index contributed by atoms with van der Waals surface area (Å²) in [6.07, 6.45) is -4.21. The Morgan fingerprint density at radius 1 is 1.16 bits per heavy atom. The third-order valence-electron chi connectivity index (χ3n) is 3.55. The summed E-state index contributed by atoms with van der Waals surface area (Å²) < 4.78 is 36.7. The van der Waals surface area contributed by atoms with E-state index in [0.717, 1.165) is 6.42 Å². The first kappa shape index (κ1) is 24.0. The fourth-order valence-electron chi connectivity index (χ4n) is 2.16. The summed E-state index contributed by atoms with van der Waals surface area (Å²) in [6, 6.07) is 10.3. The smallest absolute Gasteiger partial charge is 0.357 e. The summed E-state index contributed by atoms with van der Waals surface area (Å²) in [4.78, 5) is 6.52. The first-order valence-electron chi connectivity index (χ1n) is 8.11. The van der Waals surface area contributed by atoms with Crippen LogP contribution in [0.15, 0.2) is 35.3 Å². The lowest BCUT2D eigenvalue weighted by Gasteiger charge is -2.23. The first-order valence-corrected chi connectivity index (χ1v) is 8.11. The molecule has 1 aromatic rings. The molecule has 144 valence electrons. The topological polar surface area (TPSA) is 39.7 Å². The highest BCUT2D eigenvalue weighted by Crippen LogP contribution is 2.18. The molecule has 1 atom stereocenters. The number of benzene rings is 1. The van der Waals surface area contributed by atoms with Crippen molar-refractivity contribution in [3.05, 3.63) is 35.9 Å². The molecule has 25 heavy (non-hydrogen) atoms. The van der Waals surface area contributed by atoms with E-state index >= 15 is 0 Å². The molecule has 0 aliphatic carbocycles. The molecule has 2 N–H and O–H groups in total. The van der Waals surface area contributed by atoms with Gasteiger partial charge in [0.15, 0.2) is 5.96 Å². The van der Waals surface area contributed by atoms with Gasteiger partial charge in [0.25, 0.3) is 0 Å². The minimum absolute atomic E-state index is 0. The number of halogens is 4. The molecule has 1 rings (SSSR count). The Bertz CT molecular complexity index is 492. The second kappa shape index (κ2) is 12.3. The van der Waals surface area contributed by atoms with Gasteiger partial charge in [0.05, 0.1) is 13.0 Å². The third-order valence-corrected chi connectivity index (χ3v) is 3.55. The fraction of sp³-hybridized carbons (Fsp3) is 0.588. The molecule has 4 nitrogen and oxygen atoms in total. The van der Waals surface area contributed by atoms with Crippen LogP contribution in [0.25, 0.3) is 0 Å². The van der Waals surface area contributed by atoms with Crippen molar-refractivity contribution in [3.8, 4) is 0 Å². The number of likely N-dealkylation sites (N-methyl/N-ethyl adjacent to an activating group) is 1. The van der Waals surface area contributed by atoms with Crippen LogP contribution in [0.2, 0.25) is 0 Å². The Kier molecular flexibility index (Phi) is 11.8. The van der Waals surface area contributed by atoms with E-state index in [1.165, 1.54) is 5.56 Å². The Morgan fingerprint density at radius 2 is 1.80 bits per heavy atom. The average molecular weight is 472 g/mol. The Balaban J connectivity index is 0.00000576. The van der Waals surface area contributed by atoms with Crippen molar-refractivity contribution >= 4 is 29.9 Å². The number of aliphatic imine (C=N–C) groups is 1. The molecule has 0 radical (unpaired) electrons. The lowest BCUT2D eigenvalue weighted by atomic mass is 10.1. The monoisotopic (exact) mass is 472 g/mol. The van der Waals surface area contributed by atoms with E-state index in [9.17, 15) is 13.2 Å². The second-order valence-corrected chi connectivity index (χ2v) is 5.82. The highest BCUT2D eigenvalue weighted by molar-refractivity contribution is 14.0. The average Bonchev–Trinajstić information content (AvgIpc) is 2.50. The third kappa shape index (κ3) is 11.2. The van der Waals surface area contributed by atoms with Crippen molar-refractivity contribution in [1.29, 1.82) is 0 Å². The SMILES string of the molecule is CCNC(=NCC(Cc1ccccc1)N(C)C)NCCC(F)(F)F.I. The molecule has 8 heteroatoms. The highest BCUT2D eigenvalue weighted by Gasteiger charge is 2.26. The molecule has 0 saturated heterocycles. The Labute approximate surface area is 165 Å². The molecule has 0 aliphatic rings. The summed E-state index contributed by atoms with van der Waals surface area (Å²) in [5.74, 6) is 0.418. The minimum atomic E-state index is -4.16. The lowest BCUT2D eigenvalue weighted by Crippen LogP contribution is -2.40. The van der Waals surface area contributed by atoms with Crippen molar-refractivity contribution in [3.63, 3.8) is 0 Å². The van der Waals surface area contributed by atoms with E-state index in [2.05, 4.69) is 32.7 Å². The zero-order valence-electron chi connectivity index (χ0n) is 14.9. The van der Waals surface area contributed by atoms with Crippen LogP contribution >= 0.6 is 24.0 Å². The number of nitrogens with zero attached hydrogens (tertiary/aromatic N) is 2. The summed E-state index contributed by atoms with van der Waals surface area (Å²) in [7, 11) is 3.96. The molecule has 1 aromatic carbocycles. The van der Waals surface area contributed by atoms with Gasteiger partial charge in [-0.2, -0.15) is 13.2 Å². The van der Waals surface area contributed by atoms with Gasteiger partial charge >= 0.3 is 6.18 Å². The second-order valence-electron chi connectivity index (χ2n) is 5.82. The summed E-state index contributed by atoms with van der Waals surface area (Å²) in [5, 5.41) is 5.72. The van der Waals surface area contributed by atoms with Crippen LogP contribution in [-0.2, 0) is 6.42 Å². The van der Waals surface area contributed by atoms with Gasteiger partial charge in [-0.3, -0.25) is 4.99 Å². The number of nitrogens with one attached hydrogen (secondary N) is 2. The van der Waals surface area contributed by atoms with Gasteiger partial charge in [-0.1, -0.05) is 30.3 Å². The van der Waals surface area contributed by atoms with Gasteiger partial charge < -0.3 is 15.5 Å². The summed E-state index contributed by atoms with van der Waals surface area (Å²) in [6.45, 7) is 2.81. The zero-order chi connectivity index (χ0) is 18.0. The van der Waals surface area contributed by atoms with Crippen LogP contribution in [0.1, 0.15) is 18.9 Å². The maximum Gasteiger partial charge on any atom is 0.390 e. The minimum Gasteiger partial charge on any atom is -0.357 e. The Hall–Kier alpha value is -1.03. The van der Waals surface area contributed by atoms with Crippen LogP contribution < -0.4 is 10.6 Å². The van der Waals surface area contributed by atoms with Crippen LogP contribution in [0.3, 0.4) is 0 Å². The largest absolute Gasteiger partial charge is 0.390 e. The van der Waals surface area contributed by atoms with Crippen LogP contribution in [0.5, 0.6) is 0 Å². The number of hydrogen-bond donors (Lipinski definition) is 2. The van der Waals surface area contributed by atoms with E-state index in [-0.39, 0.29) is 36.6 Å². The van der Waals surface area contributed by atoms with Gasteiger partial charge in [-0.05, 0) is 33.0 Å². The predicted molar refractivity (Wildman–Crippen MR) is 108 cm³/mol.